The number of benzene rings is 1. The first-order chi connectivity index (χ1) is 9.65. The number of hydrogen-bond donors (Lipinski definition) is 2. The number of nitrogens with two attached hydrogens (primary N) is 1. The maximum atomic E-state index is 13.6. The Balaban J connectivity index is 2.29. The maximum absolute atomic E-state index is 13.6. The van der Waals surface area contributed by atoms with Crippen LogP contribution in [0.15, 0.2) is 24.3 Å². The monoisotopic (exact) mass is 276 g/mol. The molecular weight excluding hydrogens is 259 g/mol. The van der Waals surface area contributed by atoms with Crippen LogP contribution in [0.4, 0.5) is 10.2 Å². The van der Waals surface area contributed by atoms with Crippen LogP contribution in [0.25, 0.3) is 11.4 Å². The summed E-state index contributed by atoms with van der Waals surface area (Å²) in [5, 5.41) is 0. The van der Waals surface area contributed by atoms with Crippen molar-refractivity contribution in [1.82, 2.24) is 9.97 Å². The van der Waals surface area contributed by atoms with Crippen molar-refractivity contribution < 1.29 is 9.13 Å². The summed E-state index contributed by atoms with van der Waals surface area (Å²) in [6.45, 7) is 4.29. The van der Waals surface area contributed by atoms with Gasteiger partial charge in [-0.1, -0.05) is 6.92 Å². The summed E-state index contributed by atoms with van der Waals surface area (Å²) in [7, 11) is 0. The maximum Gasteiger partial charge on any atom is 0.187 e. The molecule has 0 saturated heterocycles. The fraction of sp³-hybridized carbons (Fsp3) is 0.286. The van der Waals surface area contributed by atoms with Crippen molar-refractivity contribution in [2.45, 2.75) is 20.3 Å². The third-order valence-corrected chi connectivity index (χ3v) is 2.74. The Morgan fingerprint density at radius 3 is 2.55 bits per heavy atom. The second kappa shape index (κ2) is 6.29. The first kappa shape index (κ1) is 14.2. The van der Waals surface area contributed by atoms with Crippen LogP contribution in [0.1, 0.15) is 19.0 Å². The first-order valence-corrected chi connectivity index (χ1v) is 6.39. The molecule has 0 fully saturated rings. The highest BCUT2D eigenvalue weighted by atomic mass is 19.1. The van der Waals surface area contributed by atoms with Gasteiger partial charge in [0, 0.05) is 5.56 Å². The number of aromatic nitrogens is 2. The fourth-order valence-corrected chi connectivity index (χ4v) is 1.70. The van der Waals surface area contributed by atoms with Gasteiger partial charge in [0.1, 0.15) is 5.75 Å². The Kier molecular flexibility index (Phi) is 4.47. The molecule has 0 amide bonds. The van der Waals surface area contributed by atoms with Crippen molar-refractivity contribution in [2.24, 2.45) is 5.84 Å². The number of hydrogen-bond acceptors (Lipinski definition) is 5. The van der Waals surface area contributed by atoms with Crippen LogP contribution in [-0.2, 0) is 0 Å². The number of rotatable bonds is 5. The van der Waals surface area contributed by atoms with Crippen molar-refractivity contribution in [3.05, 3.63) is 35.8 Å². The molecule has 3 N–H and O–H groups in total. The van der Waals surface area contributed by atoms with E-state index in [-0.39, 0.29) is 11.5 Å². The topological polar surface area (TPSA) is 73.1 Å². The molecule has 0 saturated carbocycles. The van der Waals surface area contributed by atoms with Crippen molar-refractivity contribution >= 4 is 5.82 Å². The second-order valence-corrected chi connectivity index (χ2v) is 4.31. The molecule has 0 aliphatic heterocycles. The lowest BCUT2D eigenvalue weighted by molar-refractivity contribution is 0.317. The summed E-state index contributed by atoms with van der Waals surface area (Å²) >= 11 is 0. The number of anilines is 1. The van der Waals surface area contributed by atoms with Gasteiger partial charge in [-0.25, -0.2) is 20.2 Å². The van der Waals surface area contributed by atoms with Gasteiger partial charge in [0.25, 0.3) is 0 Å². The van der Waals surface area contributed by atoms with Gasteiger partial charge in [-0.05, 0) is 37.6 Å². The smallest absolute Gasteiger partial charge is 0.187 e. The Bertz CT molecular complexity index is 586. The molecule has 1 aromatic heterocycles. The highest BCUT2D eigenvalue weighted by Crippen LogP contribution is 2.22. The SMILES string of the molecule is CCCOc1ccc(-c2nc(C)c(F)c(NN)n2)cc1. The average Bonchev–Trinajstić information content (AvgIpc) is 2.48. The van der Waals surface area contributed by atoms with Crippen LogP contribution in [0.3, 0.4) is 0 Å². The fourth-order valence-electron chi connectivity index (χ4n) is 1.70. The molecule has 0 aliphatic carbocycles. The third-order valence-electron chi connectivity index (χ3n) is 2.74. The lowest BCUT2D eigenvalue weighted by Gasteiger charge is -2.08. The van der Waals surface area contributed by atoms with E-state index < -0.39 is 5.82 Å². The summed E-state index contributed by atoms with van der Waals surface area (Å²) < 4.78 is 19.1. The zero-order chi connectivity index (χ0) is 14.5. The molecular formula is C14H17FN4O. The predicted octanol–water partition coefficient (Wildman–Crippen LogP) is 2.67. The summed E-state index contributed by atoms with van der Waals surface area (Å²) in [4.78, 5) is 8.17. The highest BCUT2D eigenvalue weighted by molar-refractivity contribution is 5.58. The summed E-state index contributed by atoms with van der Waals surface area (Å²) in [6, 6.07) is 7.33. The lowest BCUT2D eigenvalue weighted by atomic mass is 10.2. The minimum atomic E-state index is -0.542. The van der Waals surface area contributed by atoms with Gasteiger partial charge in [0.15, 0.2) is 17.5 Å². The Labute approximate surface area is 117 Å². The molecule has 0 spiro atoms. The van der Waals surface area contributed by atoms with Crippen LogP contribution in [-0.4, -0.2) is 16.6 Å². The zero-order valence-corrected chi connectivity index (χ0v) is 11.5. The van der Waals surface area contributed by atoms with Gasteiger partial charge in [-0.15, -0.1) is 0 Å². The van der Waals surface area contributed by atoms with Crippen molar-refractivity contribution in [3.63, 3.8) is 0 Å². The van der Waals surface area contributed by atoms with E-state index in [0.29, 0.717) is 12.4 Å². The summed E-state index contributed by atoms with van der Waals surface area (Å²) in [5.74, 6) is 5.89. The van der Waals surface area contributed by atoms with Crippen LogP contribution < -0.4 is 16.0 Å². The number of nitrogens with zero attached hydrogens (tertiary/aromatic N) is 2. The van der Waals surface area contributed by atoms with Crippen LogP contribution in [0.5, 0.6) is 5.75 Å². The molecule has 0 unspecified atom stereocenters. The standard InChI is InChI=1S/C14H17FN4O/c1-3-8-20-11-6-4-10(5-7-11)13-17-9(2)12(15)14(18-13)19-16/h4-7H,3,8,16H2,1-2H3,(H,17,18,19). The van der Waals surface area contributed by atoms with Gasteiger partial charge in [-0.2, -0.15) is 0 Å². The predicted molar refractivity (Wildman–Crippen MR) is 75.8 cm³/mol. The largest absolute Gasteiger partial charge is 0.494 e. The molecule has 0 radical (unpaired) electrons. The number of aryl methyl sites for hydroxylation is 1. The first-order valence-electron chi connectivity index (χ1n) is 6.39. The van der Waals surface area contributed by atoms with Gasteiger partial charge >= 0.3 is 0 Å². The Morgan fingerprint density at radius 2 is 1.95 bits per heavy atom. The van der Waals surface area contributed by atoms with Gasteiger partial charge in [0.05, 0.1) is 12.3 Å². The van der Waals surface area contributed by atoms with Gasteiger partial charge in [0.2, 0.25) is 0 Å². The normalized spacial score (nSPS) is 10.4. The molecule has 2 rings (SSSR count). The molecule has 5 nitrogen and oxygen atoms in total. The van der Waals surface area contributed by atoms with Crippen molar-refractivity contribution in [1.29, 1.82) is 0 Å². The van der Waals surface area contributed by atoms with E-state index in [0.717, 1.165) is 17.7 Å². The molecule has 1 aromatic carbocycles. The van der Waals surface area contributed by atoms with Crippen molar-refractivity contribution in [2.75, 3.05) is 12.0 Å². The Hall–Kier alpha value is -2.21. The minimum Gasteiger partial charge on any atom is -0.494 e. The molecule has 6 heteroatoms. The van der Waals surface area contributed by atoms with Crippen LogP contribution in [0.2, 0.25) is 0 Å². The number of hydrazine groups is 1. The average molecular weight is 276 g/mol. The Morgan fingerprint density at radius 1 is 1.25 bits per heavy atom. The molecule has 1 heterocycles. The quantitative estimate of drug-likeness (QED) is 0.649. The number of nitrogens with one attached hydrogen (secondary N) is 1. The summed E-state index contributed by atoms with van der Waals surface area (Å²) in [6.07, 6.45) is 0.952. The third kappa shape index (κ3) is 3.03. The van der Waals surface area contributed by atoms with Crippen LogP contribution >= 0.6 is 0 Å². The van der Waals surface area contributed by atoms with E-state index >= 15 is 0 Å². The number of ether oxygens (including phenoxy) is 1. The van der Waals surface area contributed by atoms with E-state index in [9.17, 15) is 4.39 Å². The molecule has 0 atom stereocenters. The molecule has 20 heavy (non-hydrogen) atoms. The van der Waals surface area contributed by atoms with E-state index in [1.807, 2.05) is 31.2 Å². The van der Waals surface area contributed by atoms with Crippen LogP contribution in [0, 0.1) is 12.7 Å². The highest BCUT2D eigenvalue weighted by Gasteiger charge is 2.11. The number of nitrogen functional groups attached to an aromatic ring is 1. The van der Waals surface area contributed by atoms with E-state index in [1.165, 1.54) is 0 Å². The van der Waals surface area contributed by atoms with E-state index in [4.69, 9.17) is 10.6 Å². The number of halogens is 1. The van der Waals surface area contributed by atoms with Gasteiger partial charge < -0.3 is 10.2 Å². The molecule has 106 valence electrons. The van der Waals surface area contributed by atoms with E-state index in [1.54, 1.807) is 6.92 Å². The van der Waals surface area contributed by atoms with Crippen molar-refractivity contribution in [3.8, 4) is 17.1 Å². The molecule has 0 aliphatic rings. The second-order valence-electron chi connectivity index (χ2n) is 4.31. The summed E-state index contributed by atoms with van der Waals surface area (Å²) in [5.41, 5.74) is 3.25. The van der Waals surface area contributed by atoms with E-state index in [2.05, 4.69) is 15.4 Å². The molecule has 2 aromatic rings. The minimum absolute atomic E-state index is 0.0150. The lowest BCUT2D eigenvalue weighted by Crippen LogP contribution is -2.13. The zero-order valence-electron chi connectivity index (χ0n) is 11.5. The van der Waals surface area contributed by atoms with Gasteiger partial charge in [-0.3, -0.25) is 0 Å². The molecule has 0 bridgehead atoms.